The highest BCUT2D eigenvalue weighted by molar-refractivity contribution is 8.14. The molecule has 2 aromatic heterocycles. The van der Waals surface area contributed by atoms with E-state index < -0.39 is 0 Å². The number of aromatic amines is 1. The second kappa shape index (κ2) is 6.52. The number of H-pyrrole nitrogens is 1. The fraction of sp³-hybridized carbons (Fsp3) is 0.611. The summed E-state index contributed by atoms with van der Waals surface area (Å²) in [6.45, 7) is 4.04. The molecule has 4 rings (SSSR count). The van der Waals surface area contributed by atoms with Crippen LogP contribution in [0, 0.1) is 6.92 Å². The van der Waals surface area contributed by atoms with E-state index in [1.165, 1.54) is 25.7 Å². The van der Waals surface area contributed by atoms with Gasteiger partial charge in [0.05, 0.1) is 27.6 Å². The van der Waals surface area contributed by atoms with E-state index in [4.69, 9.17) is 4.99 Å². The lowest BCUT2D eigenvalue weighted by atomic mass is 10.1. The maximum Gasteiger partial charge on any atom is 0.271 e. The highest BCUT2D eigenvalue weighted by atomic mass is 32.2. The molecular formula is C18H25N5OS. The molecule has 134 valence electrons. The van der Waals surface area contributed by atoms with Crippen molar-refractivity contribution in [2.45, 2.75) is 63.7 Å². The number of nitrogens with one attached hydrogen (secondary N) is 1. The largest absolute Gasteiger partial charge is 0.275 e. The highest BCUT2D eigenvalue weighted by Crippen LogP contribution is 2.45. The minimum absolute atomic E-state index is 0.00347. The Morgan fingerprint density at radius 3 is 2.56 bits per heavy atom. The Morgan fingerprint density at radius 1 is 1.20 bits per heavy atom. The van der Waals surface area contributed by atoms with Crippen molar-refractivity contribution in [1.82, 2.24) is 19.6 Å². The Hall–Kier alpha value is -1.76. The van der Waals surface area contributed by atoms with Gasteiger partial charge in [-0.3, -0.25) is 19.3 Å². The van der Waals surface area contributed by atoms with Crippen molar-refractivity contribution >= 4 is 22.6 Å². The van der Waals surface area contributed by atoms with Gasteiger partial charge >= 0.3 is 0 Å². The Labute approximate surface area is 151 Å². The molecule has 0 aromatic carbocycles. The van der Waals surface area contributed by atoms with Gasteiger partial charge in [-0.2, -0.15) is 5.10 Å². The summed E-state index contributed by atoms with van der Waals surface area (Å²) in [5.74, 6) is 0.835. The van der Waals surface area contributed by atoms with E-state index in [1.807, 2.05) is 31.8 Å². The van der Waals surface area contributed by atoms with Crippen LogP contribution in [-0.4, -0.2) is 24.6 Å². The average molecular weight is 359 g/mol. The Morgan fingerprint density at radius 2 is 1.92 bits per heavy atom. The van der Waals surface area contributed by atoms with Gasteiger partial charge in [0.15, 0.2) is 5.82 Å². The summed E-state index contributed by atoms with van der Waals surface area (Å²) in [5, 5.41) is 8.55. The zero-order valence-corrected chi connectivity index (χ0v) is 15.9. The van der Waals surface area contributed by atoms with Gasteiger partial charge in [-0.25, -0.2) is 4.99 Å². The first kappa shape index (κ1) is 16.7. The molecule has 1 atom stereocenters. The SMILES string of the molecule is CC1=Nc2c(c(=O)[nH]n2C2CCCCCC2)[C@@H](c2cn(C)nc2C)S1. The third-order valence-corrected chi connectivity index (χ3v) is 6.43. The molecule has 0 unspecified atom stereocenters. The zero-order valence-electron chi connectivity index (χ0n) is 15.1. The van der Waals surface area contributed by atoms with E-state index in [2.05, 4.69) is 14.9 Å². The molecule has 1 saturated carbocycles. The molecule has 0 bridgehead atoms. The molecular weight excluding hydrogens is 334 g/mol. The van der Waals surface area contributed by atoms with Crippen LogP contribution in [0.4, 0.5) is 5.82 Å². The number of nitrogens with zero attached hydrogens (tertiary/aromatic N) is 4. The first-order valence-corrected chi connectivity index (χ1v) is 9.99. The van der Waals surface area contributed by atoms with E-state index in [9.17, 15) is 4.79 Å². The first-order chi connectivity index (χ1) is 12.0. The maximum absolute atomic E-state index is 12.8. The molecule has 2 aliphatic rings. The normalized spacial score (nSPS) is 21.7. The topological polar surface area (TPSA) is 68.0 Å². The number of aromatic nitrogens is 4. The van der Waals surface area contributed by atoms with Gasteiger partial charge in [-0.05, 0) is 26.7 Å². The Bertz CT molecular complexity index is 867. The van der Waals surface area contributed by atoms with Gasteiger partial charge < -0.3 is 0 Å². The van der Waals surface area contributed by atoms with Crippen LogP contribution >= 0.6 is 11.8 Å². The van der Waals surface area contributed by atoms with Gasteiger partial charge in [-0.1, -0.05) is 37.4 Å². The minimum Gasteiger partial charge on any atom is -0.275 e. The lowest BCUT2D eigenvalue weighted by Crippen LogP contribution is -2.14. The molecule has 1 aliphatic heterocycles. The van der Waals surface area contributed by atoms with E-state index in [1.54, 1.807) is 11.8 Å². The minimum atomic E-state index is -0.0306. The number of rotatable bonds is 2. The second-order valence-corrected chi connectivity index (χ2v) is 8.46. The monoisotopic (exact) mass is 359 g/mol. The molecule has 0 spiro atoms. The number of hydrogen-bond acceptors (Lipinski definition) is 4. The van der Waals surface area contributed by atoms with Crippen LogP contribution in [0.5, 0.6) is 0 Å². The molecule has 0 radical (unpaired) electrons. The predicted molar refractivity (Wildman–Crippen MR) is 102 cm³/mol. The fourth-order valence-electron chi connectivity index (χ4n) is 4.08. The molecule has 0 saturated heterocycles. The van der Waals surface area contributed by atoms with Gasteiger partial charge in [0, 0.05) is 18.8 Å². The number of fused-ring (bicyclic) bond motifs is 1. The molecule has 1 fully saturated rings. The second-order valence-electron chi connectivity index (χ2n) is 7.17. The lowest BCUT2D eigenvalue weighted by Gasteiger charge is -2.22. The predicted octanol–water partition coefficient (Wildman–Crippen LogP) is 4.00. The maximum atomic E-state index is 12.8. The molecule has 7 heteroatoms. The van der Waals surface area contributed by atoms with Crippen molar-refractivity contribution in [2.24, 2.45) is 12.0 Å². The van der Waals surface area contributed by atoms with Crippen LogP contribution in [-0.2, 0) is 7.05 Å². The first-order valence-electron chi connectivity index (χ1n) is 9.11. The van der Waals surface area contributed by atoms with Crippen LogP contribution < -0.4 is 5.56 Å². The average Bonchev–Trinajstić information content (AvgIpc) is 2.93. The summed E-state index contributed by atoms with van der Waals surface area (Å²) in [4.78, 5) is 17.6. The standard InChI is InChI=1S/C18H25N5OS/c1-11-14(10-22(3)20-11)16-15-17(19-12(2)25-16)23(21-18(15)24)13-8-6-4-5-7-9-13/h10,13,16H,4-9H2,1-3H3,(H,21,24)/t16-/m1/s1. The zero-order chi connectivity index (χ0) is 17.6. The van der Waals surface area contributed by atoms with Gasteiger partial charge in [-0.15, -0.1) is 0 Å². The number of aliphatic imine (C=N–C) groups is 1. The van der Waals surface area contributed by atoms with Crippen LogP contribution in [0.25, 0.3) is 0 Å². The summed E-state index contributed by atoms with van der Waals surface area (Å²) in [6.07, 6.45) is 9.30. The van der Waals surface area contributed by atoms with Gasteiger partial charge in [0.25, 0.3) is 5.56 Å². The molecule has 6 nitrogen and oxygen atoms in total. The molecule has 3 heterocycles. The summed E-state index contributed by atoms with van der Waals surface area (Å²) in [5.41, 5.74) is 2.86. The van der Waals surface area contributed by atoms with Crippen molar-refractivity contribution < 1.29 is 0 Å². The van der Waals surface area contributed by atoms with E-state index in [0.717, 1.165) is 40.5 Å². The fourth-order valence-corrected chi connectivity index (χ4v) is 5.25. The third-order valence-electron chi connectivity index (χ3n) is 5.27. The van der Waals surface area contributed by atoms with Crippen molar-refractivity contribution in [3.05, 3.63) is 33.4 Å². The van der Waals surface area contributed by atoms with Crippen molar-refractivity contribution in [1.29, 1.82) is 0 Å². The molecule has 2 aromatic rings. The van der Waals surface area contributed by atoms with Gasteiger partial charge in [0.2, 0.25) is 0 Å². The molecule has 1 aliphatic carbocycles. The van der Waals surface area contributed by atoms with E-state index in [-0.39, 0.29) is 10.8 Å². The van der Waals surface area contributed by atoms with Crippen LogP contribution in [0.3, 0.4) is 0 Å². The van der Waals surface area contributed by atoms with Crippen LogP contribution in [0.2, 0.25) is 0 Å². The van der Waals surface area contributed by atoms with Crippen molar-refractivity contribution in [3.63, 3.8) is 0 Å². The lowest BCUT2D eigenvalue weighted by molar-refractivity contribution is 0.407. The smallest absolute Gasteiger partial charge is 0.271 e. The summed E-state index contributed by atoms with van der Waals surface area (Å²) >= 11 is 1.65. The van der Waals surface area contributed by atoms with Crippen molar-refractivity contribution in [3.8, 4) is 0 Å². The molecule has 0 amide bonds. The quantitative estimate of drug-likeness (QED) is 0.824. The van der Waals surface area contributed by atoms with Crippen LogP contribution in [0.15, 0.2) is 16.0 Å². The Balaban J connectivity index is 1.82. The number of aryl methyl sites for hydroxylation is 2. The number of hydrogen-bond donors (Lipinski definition) is 1. The summed E-state index contributed by atoms with van der Waals surface area (Å²) in [7, 11) is 1.92. The van der Waals surface area contributed by atoms with Crippen LogP contribution in [0.1, 0.15) is 73.6 Å². The highest BCUT2D eigenvalue weighted by Gasteiger charge is 2.33. The number of thioether (sulfide) groups is 1. The van der Waals surface area contributed by atoms with E-state index in [0.29, 0.717) is 6.04 Å². The Kier molecular flexibility index (Phi) is 4.35. The molecule has 1 N–H and O–H groups in total. The third kappa shape index (κ3) is 2.99. The summed E-state index contributed by atoms with van der Waals surface area (Å²) in [6, 6.07) is 0.356. The summed E-state index contributed by atoms with van der Waals surface area (Å²) < 4.78 is 3.88. The van der Waals surface area contributed by atoms with Gasteiger partial charge in [0.1, 0.15) is 0 Å². The van der Waals surface area contributed by atoms with E-state index >= 15 is 0 Å². The molecule has 25 heavy (non-hydrogen) atoms. The van der Waals surface area contributed by atoms with Crippen molar-refractivity contribution in [2.75, 3.05) is 0 Å².